The number of alkyl halides is 1. The molecule has 15 heteroatoms. The predicted molar refractivity (Wildman–Crippen MR) is 196 cm³/mol. The Morgan fingerprint density at radius 1 is 1.11 bits per heavy atom. The molecule has 0 spiro atoms. The quantitative estimate of drug-likeness (QED) is 0.183. The number of carbonyl (C=O) groups excluding carboxylic acids is 5. The van der Waals surface area contributed by atoms with Crippen LogP contribution in [0, 0.1) is 29.6 Å². The summed E-state index contributed by atoms with van der Waals surface area (Å²) in [6.45, 7) is 13.2. The van der Waals surface area contributed by atoms with E-state index in [9.17, 15) is 24.0 Å². The minimum absolute atomic E-state index is 0.0729. The van der Waals surface area contributed by atoms with Crippen LogP contribution in [0.15, 0.2) is 24.5 Å². The molecule has 1 aromatic rings. The Hall–Kier alpha value is -3.97. The SMILES string of the molecule is CCC1OC(=O)[C@@](C)(F)C(=O)[C@H](C)[C@@H](O[C@@H]2O[C@H](C)C[C@H](N(C)C)[C@H]2OC(C)=O)[C@](C)(OCC#Cc2cccnc2)C[C@@H](C)C(=O)[C@H](C)[C@H]2NC(=O)O[C@]12C. The number of amides is 1. The van der Waals surface area contributed by atoms with Crippen LogP contribution in [0.5, 0.6) is 0 Å². The number of Topliss-reactive ketones (excluding diaryl/α,β-unsaturated/α-hetero) is 2. The zero-order chi connectivity index (χ0) is 41.0. The van der Waals surface area contributed by atoms with Crippen LogP contribution in [0.25, 0.3) is 0 Å². The third-order valence-electron chi connectivity index (χ3n) is 11.1. The van der Waals surface area contributed by atoms with Gasteiger partial charge in [-0.15, -0.1) is 0 Å². The van der Waals surface area contributed by atoms with E-state index >= 15 is 4.39 Å². The summed E-state index contributed by atoms with van der Waals surface area (Å²) < 4.78 is 53.5. The fraction of sp³-hybridized carbons (Fsp3) is 0.700. The molecule has 14 nitrogen and oxygen atoms in total. The van der Waals surface area contributed by atoms with Gasteiger partial charge >= 0.3 is 18.0 Å². The molecule has 0 radical (unpaired) electrons. The molecule has 4 heterocycles. The van der Waals surface area contributed by atoms with E-state index in [0.29, 0.717) is 12.0 Å². The first kappa shape index (κ1) is 43.8. The van der Waals surface area contributed by atoms with E-state index in [2.05, 4.69) is 22.1 Å². The predicted octanol–water partition coefficient (Wildman–Crippen LogP) is 3.96. The Kier molecular flexibility index (Phi) is 13.9. The molecule has 4 rings (SSSR count). The summed E-state index contributed by atoms with van der Waals surface area (Å²) in [4.78, 5) is 73.6. The summed E-state index contributed by atoms with van der Waals surface area (Å²) in [5.74, 6) is -0.825. The first-order chi connectivity index (χ1) is 25.7. The molecule has 304 valence electrons. The van der Waals surface area contributed by atoms with Crippen LogP contribution in [0.1, 0.15) is 87.1 Å². The van der Waals surface area contributed by atoms with Crippen LogP contribution in [-0.2, 0) is 47.6 Å². The molecule has 55 heavy (non-hydrogen) atoms. The van der Waals surface area contributed by atoms with Gasteiger partial charge in [0.25, 0.3) is 5.67 Å². The third-order valence-corrected chi connectivity index (χ3v) is 11.1. The Bertz CT molecular complexity index is 1650. The summed E-state index contributed by atoms with van der Waals surface area (Å²) in [7, 11) is 3.64. The number of ether oxygens (including phenoxy) is 6. The van der Waals surface area contributed by atoms with Gasteiger partial charge in [0.15, 0.2) is 23.8 Å². The largest absolute Gasteiger partial charge is 0.455 e. The van der Waals surface area contributed by atoms with E-state index in [1.807, 2.05) is 25.9 Å². The van der Waals surface area contributed by atoms with Gasteiger partial charge in [0.05, 0.1) is 29.9 Å². The summed E-state index contributed by atoms with van der Waals surface area (Å²) in [6, 6.07) is 2.13. The second kappa shape index (κ2) is 17.4. The lowest BCUT2D eigenvalue weighted by molar-refractivity contribution is -0.299. The van der Waals surface area contributed by atoms with E-state index in [1.165, 1.54) is 20.8 Å². The summed E-state index contributed by atoms with van der Waals surface area (Å²) in [6.07, 6.45) is -2.53. The lowest BCUT2D eigenvalue weighted by Gasteiger charge is -2.48. The number of nitrogens with one attached hydrogen (secondary N) is 1. The minimum Gasteiger partial charge on any atom is -0.455 e. The second-order valence-electron chi connectivity index (χ2n) is 15.8. The van der Waals surface area contributed by atoms with Crippen LogP contribution in [0.2, 0.25) is 0 Å². The number of aromatic nitrogens is 1. The number of likely N-dealkylation sites (N-methyl/N-ethyl adjacent to an activating group) is 1. The van der Waals surface area contributed by atoms with Crippen molar-refractivity contribution in [2.75, 3.05) is 20.7 Å². The first-order valence-corrected chi connectivity index (χ1v) is 18.8. The molecule has 1 unspecified atom stereocenters. The van der Waals surface area contributed by atoms with E-state index in [1.54, 1.807) is 52.2 Å². The highest BCUT2D eigenvalue weighted by molar-refractivity contribution is 6.08. The zero-order valence-corrected chi connectivity index (χ0v) is 33.7. The number of carbonyl (C=O) groups is 5. The van der Waals surface area contributed by atoms with Crippen molar-refractivity contribution in [1.82, 2.24) is 15.2 Å². The number of halogens is 1. The maximum absolute atomic E-state index is 16.9. The molecule has 3 aliphatic heterocycles. The van der Waals surface area contributed by atoms with Gasteiger partial charge in [-0.2, -0.15) is 0 Å². The molecule has 0 bridgehead atoms. The van der Waals surface area contributed by atoms with Crippen molar-refractivity contribution in [3.8, 4) is 11.8 Å². The average Bonchev–Trinajstić information content (AvgIpc) is 3.44. The van der Waals surface area contributed by atoms with Gasteiger partial charge < -0.3 is 38.6 Å². The lowest BCUT2D eigenvalue weighted by atomic mass is 9.73. The topological polar surface area (TPSA) is 169 Å². The fourth-order valence-electron chi connectivity index (χ4n) is 8.21. The number of rotatable bonds is 7. The van der Waals surface area contributed by atoms with Crippen LogP contribution in [0.4, 0.5) is 9.18 Å². The monoisotopic (exact) mass is 773 g/mol. The lowest BCUT2D eigenvalue weighted by Crippen LogP contribution is -2.62. The summed E-state index contributed by atoms with van der Waals surface area (Å²) in [5, 5.41) is 2.70. The number of nitrogens with zero attached hydrogens (tertiary/aromatic N) is 2. The molecule has 1 aromatic heterocycles. The molecular weight excluding hydrogens is 717 g/mol. The number of fused-ring (bicyclic) bond motifs is 1. The number of alkyl carbamates (subject to hydrolysis) is 1. The van der Waals surface area contributed by atoms with Crippen molar-refractivity contribution in [2.45, 2.75) is 141 Å². The molecule has 0 aromatic carbocycles. The Morgan fingerprint density at radius 2 is 1.80 bits per heavy atom. The second-order valence-corrected chi connectivity index (χ2v) is 15.8. The number of hydrogen-bond donors (Lipinski definition) is 1. The highest BCUT2D eigenvalue weighted by Gasteiger charge is 2.59. The van der Waals surface area contributed by atoms with Crippen molar-refractivity contribution in [1.29, 1.82) is 0 Å². The van der Waals surface area contributed by atoms with E-state index in [4.69, 9.17) is 28.4 Å². The summed E-state index contributed by atoms with van der Waals surface area (Å²) in [5.41, 5.74) is -5.81. The number of hydrogen-bond acceptors (Lipinski definition) is 13. The zero-order valence-electron chi connectivity index (χ0n) is 33.7. The molecule has 3 fully saturated rings. The highest BCUT2D eigenvalue weighted by atomic mass is 19.1. The molecule has 0 saturated carbocycles. The van der Waals surface area contributed by atoms with Gasteiger partial charge in [-0.1, -0.05) is 39.5 Å². The van der Waals surface area contributed by atoms with Gasteiger partial charge in [-0.05, 0) is 73.2 Å². The number of ketones is 2. The van der Waals surface area contributed by atoms with E-state index in [-0.39, 0.29) is 31.3 Å². The van der Waals surface area contributed by atoms with Gasteiger partial charge in [0.2, 0.25) is 0 Å². The van der Waals surface area contributed by atoms with Gasteiger partial charge in [0, 0.05) is 42.6 Å². The van der Waals surface area contributed by atoms with Crippen LogP contribution < -0.4 is 5.32 Å². The minimum atomic E-state index is -3.23. The van der Waals surface area contributed by atoms with Gasteiger partial charge in [-0.3, -0.25) is 19.4 Å². The van der Waals surface area contributed by atoms with Crippen LogP contribution in [-0.4, -0.2) is 120 Å². The van der Waals surface area contributed by atoms with Crippen molar-refractivity contribution in [3.05, 3.63) is 30.1 Å². The average molecular weight is 774 g/mol. The van der Waals surface area contributed by atoms with E-state index in [0.717, 1.165) is 6.92 Å². The number of cyclic esters (lactones) is 1. The fourth-order valence-corrected chi connectivity index (χ4v) is 8.21. The Labute approximate surface area is 322 Å². The van der Waals surface area contributed by atoms with Gasteiger partial charge in [0.1, 0.15) is 18.5 Å². The third kappa shape index (κ3) is 9.53. The van der Waals surface area contributed by atoms with Gasteiger partial charge in [-0.25, -0.2) is 14.0 Å². The maximum Gasteiger partial charge on any atom is 0.408 e. The van der Waals surface area contributed by atoms with Crippen molar-refractivity contribution < 1.29 is 56.8 Å². The maximum atomic E-state index is 16.9. The summed E-state index contributed by atoms with van der Waals surface area (Å²) >= 11 is 0. The molecule has 13 atom stereocenters. The first-order valence-electron chi connectivity index (χ1n) is 18.8. The van der Waals surface area contributed by atoms with Crippen LogP contribution in [0.3, 0.4) is 0 Å². The molecule has 3 aliphatic rings. The Balaban J connectivity index is 1.88. The highest BCUT2D eigenvalue weighted by Crippen LogP contribution is 2.41. The van der Waals surface area contributed by atoms with Crippen LogP contribution >= 0.6 is 0 Å². The molecule has 1 N–H and O–H groups in total. The van der Waals surface area contributed by atoms with Crippen molar-refractivity contribution >= 4 is 29.6 Å². The molecular formula is C40H56FN3O11. The number of esters is 2. The van der Waals surface area contributed by atoms with Crippen molar-refractivity contribution in [2.24, 2.45) is 17.8 Å². The van der Waals surface area contributed by atoms with E-state index < -0.39 is 95.2 Å². The standard InChI is InChI=1S/C40H56FN3O11/c1-12-29-40(9)32(43-37(49)55-40)24(4)30(46)22(2)20-38(7,50-18-14-16-27-15-13-17-42-21-27)34(25(5)33(47)39(8,41)36(48)53-29)54-35-31(52-26(6)45)28(44(10)11)19-23(3)51-35/h13,15,17,21-25,28-29,31-32,34-35H,12,18-20H2,1-11H3,(H,43,49)/t22-,23-,24+,25+,28+,29?,31-,32-,34-,35+,38-,39+,40-/m1/s1. The smallest absolute Gasteiger partial charge is 0.408 e. The molecule has 3 saturated heterocycles. The molecule has 0 aliphatic carbocycles. The normalized spacial score (nSPS) is 38.8. The van der Waals surface area contributed by atoms with Crippen molar-refractivity contribution in [3.63, 3.8) is 0 Å². The number of pyridine rings is 1. The Morgan fingerprint density at radius 3 is 2.40 bits per heavy atom. The molecule has 1 amide bonds.